The van der Waals surface area contributed by atoms with E-state index < -0.39 is 17.2 Å². The Balaban J connectivity index is 1.67. The zero-order valence-corrected chi connectivity index (χ0v) is 22.9. The minimum atomic E-state index is -0.985. The van der Waals surface area contributed by atoms with Crippen LogP contribution in [0, 0.1) is 5.92 Å². The molecule has 0 radical (unpaired) electrons. The lowest BCUT2D eigenvalue weighted by molar-refractivity contribution is -0.0907. The number of hydrogen-bond donors (Lipinski definition) is 2. The number of rotatable bonds is 13. The number of aliphatic hydroxyl groups excluding tert-OH is 1. The van der Waals surface area contributed by atoms with Gasteiger partial charge in [-0.25, -0.2) is 0 Å². The smallest absolute Gasteiger partial charge is 0.162 e. The molecule has 0 aliphatic carbocycles. The maximum absolute atomic E-state index is 11.9. The van der Waals surface area contributed by atoms with Crippen LogP contribution < -0.4 is 14.8 Å². The fraction of sp³-hybridized carbons (Fsp3) is 0.364. The van der Waals surface area contributed by atoms with Gasteiger partial charge >= 0.3 is 0 Å². The first-order chi connectivity index (χ1) is 18.4. The first-order valence-electron chi connectivity index (χ1n) is 13.5. The molecule has 200 valence electrons. The fourth-order valence-electron chi connectivity index (χ4n) is 5.49. The quantitative estimate of drug-likeness (QED) is 0.279. The van der Waals surface area contributed by atoms with Crippen molar-refractivity contribution in [2.75, 3.05) is 13.7 Å². The topological polar surface area (TPSA) is 63.1 Å². The SMILES string of the molecule is CCCC1(C(C)C(C)(Oc2ccccc2OC)C(O)CNC(c2ccccc2)c2ccccc2)C=CC=N1. The molecule has 0 fully saturated rings. The molecule has 0 aromatic heterocycles. The van der Waals surface area contributed by atoms with Crippen LogP contribution in [0.15, 0.2) is 102 Å². The highest BCUT2D eigenvalue weighted by atomic mass is 16.5. The van der Waals surface area contributed by atoms with Gasteiger partial charge in [0.15, 0.2) is 11.5 Å². The second-order valence-electron chi connectivity index (χ2n) is 10.2. The maximum Gasteiger partial charge on any atom is 0.162 e. The van der Waals surface area contributed by atoms with Crippen molar-refractivity contribution < 1.29 is 14.6 Å². The summed E-state index contributed by atoms with van der Waals surface area (Å²) in [4.78, 5) is 4.90. The molecule has 38 heavy (non-hydrogen) atoms. The Kier molecular flexibility index (Phi) is 9.03. The number of allylic oxidation sites excluding steroid dienone is 1. The molecule has 5 nitrogen and oxygen atoms in total. The first-order valence-corrected chi connectivity index (χ1v) is 13.5. The number of para-hydroxylation sites is 2. The average molecular weight is 513 g/mol. The van der Waals surface area contributed by atoms with Gasteiger partial charge in [-0.15, -0.1) is 0 Å². The summed E-state index contributed by atoms with van der Waals surface area (Å²) in [6.07, 6.45) is 7.00. The van der Waals surface area contributed by atoms with Crippen LogP contribution in [0.1, 0.15) is 50.8 Å². The van der Waals surface area contributed by atoms with Crippen molar-refractivity contribution in [3.8, 4) is 11.5 Å². The number of ether oxygens (including phenoxy) is 2. The van der Waals surface area contributed by atoms with Gasteiger partial charge in [-0.1, -0.05) is 99.1 Å². The largest absolute Gasteiger partial charge is 0.493 e. The lowest BCUT2D eigenvalue weighted by Gasteiger charge is -2.46. The Morgan fingerprint density at radius 2 is 1.50 bits per heavy atom. The summed E-state index contributed by atoms with van der Waals surface area (Å²) in [6.45, 7) is 6.61. The zero-order chi connectivity index (χ0) is 27.0. The van der Waals surface area contributed by atoms with Crippen LogP contribution in [0.2, 0.25) is 0 Å². The lowest BCUT2D eigenvalue weighted by Crippen LogP contribution is -2.59. The lowest BCUT2D eigenvalue weighted by atomic mass is 9.70. The highest BCUT2D eigenvalue weighted by molar-refractivity contribution is 5.75. The second kappa shape index (κ2) is 12.4. The number of methoxy groups -OCH3 is 1. The van der Waals surface area contributed by atoms with E-state index in [4.69, 9.17) is 14.5 Å². The van der Waals surface area contributed by atoms with E-state index in [0.717, 1.165) is 24.0 Å². The van der Waals surface area contributed by atoms with Gasteiger partial charge in [0.2, 0.25) is 0 Å². The summed E-state index contributed by atoms with van der Waals surface area (Å²) in [6, 6.07) is 28.2. The summed E-state index contributed by atoms with van der Waals surface area (Å²) in [5.74, 6) is 1.09. The van der Waals surface area contributed by atoms with Crippen LogP contribution in [0.5, 0.6) is 11.5 Å². The van der Waals surface area contributed by atoms with Crippen molar-refractivity contribution >= 4 is 6.21 Å². The Bertz CT molecular complexity index is 1160. The fourth-order valence-corrected chi connectivity index (χ4v) is 5.49. The number of nitrogens with zero attached hydrogens (tertiary/aromatic N) is 1. The summed E-state index contributed by atoms with van der Waals surface area (Å²) < 4.78 is 12.3. The van der Waals surface area contributed by atoms with Gasteiger partial charge in [0.25, 0.3) is 0 Å². The Labute approximate surface area is 227 Å². The van der Waals surface area contributed by atoms with Crippen molar-refractivity contribution in [2.45, 2.75) is 56.9 Å². The zero-order valence-electron chi connectivity index (χ0n) is 22.9. The minimum Gasteiger partial charge on any atom is -0.493 e. The van der Waals surface area contributed by atoms with E-state index in [-0.39, 0.29) is 12.0 Å². The van der Waals surface area contributed by atoms with Crippen molar-refractivity contribution in [1.82, 2.24) is 5.32 Å². The molecule has 2 N–H and O–H groups in total. The molecule has 0 amide bonds. The minimum absolute atomic E-state index is 0.0770. The van der Waals surface area contributed by atoms with Gasteiger partial charge in [0.05, 0.1) is 18.7 Å². The maximum atomic E-state index is 11.9. The normalized spacial score (nSPS) is 19.7. The molecule has 0 bridgehead atoms. The van der Waals surface area contributed by atoms with Crippen LogP contribution in [-0.4, -0.2) is 42.2 Å². The van der Waals surface area contributed by atoms with Crippen LogP contribution in [0.3, 0.4) is 0 Å². The number of benzene rings is 3. The Morgan fingerprint density at radius 1 is 0.921 bits per heavy atom. The second-order valence-corrected chi connectivity index (χ2v) is 10.2. The highest BCUT2D eigenvalue weighted by Crippen LogP contribution is 2.43. The molecule has 0 saturated carbocycles. The van der Waals surface area contributed by atoms with E-state index in [9.17, 15) is 5.11 Å². The van der Waals surface area contributed by atoms with Gasteiger partial charge in [0.1, 0.15) is 11.7 Å². The molecule has 1 aliphatic heterocycles. The van der Waals surface area contributed by atoms with Gasteiger partial charge in [-0.3, -0.25) is 4.99 Å². The summed E-state index contributed by atoms with van der Waals surface area (Å²) in [7, 11) is 1.63. The number of nitrogens with one attached hydrogen (secondary N) is 1. The standard InChI is InChI=1S/C33H40N2O3/c1-5-21-33(22-14-23-35-33)25(2)32(3,38-29-20-13-12-19-28(29)37-4)30(36)24-34-31(26-15-8-6-9-16-26)27-17-10-7-11-18-27/h6-20,22-23,25,30-31,34,36H,5,21,24H2,1-4H3. The van der Waals surface area contributed by atoms with Gasteiger partial charge in [-0.2, -0.15) is 0 Å². The van der Waals surface area contributed by atoms with E-state index in [1.165, 1.54) is 0 Å². The molecule has 3 aromatic carbocycles. The van der Waals surface area contributed by atoms with Crippen LogP contribution in [-0.2, 0) is 0 Å². The molecule has 4 unspecified atom stereocenters. The summed E-state index contributed by atoms with van der Waals surface area (Å²) in [5, 5.41) is 15.6. The van der Waals surface area contributed by atoms with Gasteiger partial charge < -0.3 is 19.9 Å². The first kappa shape index (κ1) is 27.6. The van der Waals surface area contributed by atoms with Crippen molar-refractivity contribution in [3.63, 3.8) is 0 Å². The molecule has 0 saturated heterocycles. The predicted octanol–water partition coefficient (Wildman–Crippen LogP) is 6.39. The third kappa shape index (κ3) is 5.85. The third-order valence-corrected chi connectivity index (χ3v) is 7.89. The molecule has 4 rings (SSSR count). The molecule has 1 aliphatic rings. The molecule has 5 heteroatoms. The predicted molar refractivity (Wildman–Crippen MR) is 155 cm³/mol. The molecular weight excluding hydrogens is 472 g/mol. The number of aliphatic hydroxyl groups is 1. The Morgan fingerprint density at radius 3 is 2.03 bits per heavy atom. The third-order valence-electron chi connectivity index (χ3n) is 7.89. The van der Waals surface area contributed by atoms with Crippen molar-refractivity contribution in [1.29, 1.82) is 0 Å². The molecule has 0 spiro atoms. The van der Waals surface area contributed by atoms with Crippen molar-refractivity contribution in [3.05, 3.63) is 108 Å². The van der Waals surface area contributed by atoms with E-state index in [1.54, 1.807) is 7.11 Å². The van der Waals surface area contributed by atoms with Crippen LogP contribution in [0.25, 0.3) is 0 Å². The number of aliphatic imine (C=N–C) groups is 1. The van der Waals surface area contributed by atoms with Crippen molar-refractivity contribution in [2.24, 2.45) is 10.9 Å². The molecule has 4 atom stereocenters. The highest BCUT2D eigenvalue weighted by Gasteiger charge is 2.51. The Hall–Kier alpha value is -3.41. The van der Waals surface area contributed by atoms with E-state index in [0.29, 0.717) is 18.0 Å². The molecular formula is C33H40N2O3. The van der Waals surface area contributed by atoms with E-state index in [1.807, 2.05) is 79.9 Å². The van der Waals surface area contributed by atoms with Gasteiger partial charge in [0, 0.05) is 18.7 Å². The average Bonchev–Trinajstić information content (AvgIpc) is 3.44. The van der Waals surface area contributed by atoms with Crippen LogP contribution in [0.4, 0.5) is 0 Å². The monoisotopic (exact) mass is 512 g/mol. The van der Waals surface area contributed by atoms with Crippen LogP contribution >= 0.6 is 0 Å². The van der Waals surface area contributed by atoms with E-state index in [2.05, 4.69) is 49.5 Å². The molecule has 1 heterocycles. The number of hydrogen-bond acceptors (Lipinski definition) is 5. The van der Waals surface area contributed by atoms with E-state index >= 15 is 0 Å². The molecule has 3 aromatic rings. The summed E-state index contributed by atoms with van der Waals surface area (Å²) >= 11 is 0. The van der Waals surface area contributed by atoms with Gasteiger partial charge in [-0.05, 0) is 42.7 Å². The summed E-state index contributed by atoms with van der Waals surface area (Å²) in [5.41, 5.74) is 0.833.